The summed E-state index contributed by atoms with van der Waals surface area (Å²) in [5, 5.41) is 0. The molecule has 2 aromatic heterocycles. The molecule has 2 rings (SSSR count). The van der Waals surface area contributed by atoms with E-state index < -0.39 is 0 Å². The maximum atomic E-state index is 5.97. The normalized spacial score (nSPS) is 11.6. The van der Waals surface area contributed by atoms with Gasteiger partial charge in [0.1, 0.15) is 11.3 Å². The summed E-state index contributed by atoms with van der Waals surface area (Å²) >= 11 is 5.97. The standard InChI is InChI=1S/C14H20ClN3/c1-10(2)5-4-8-18-13(9-15)17-12-7-6-11(3)16-14(12)18/h6-7,10H,4-5,8-9H2,1-3H3. The largest absolute Gasteiger partial charge is 0.312 e. The van der Waals surface area contributed by atoms with Crippen molar-refractivity contribution in [1.29, 1.82) is 0 Å². The first-order valence-electron chi connectivity index (χ1n) is 6.50. The van der Waals surface area contributed by atoms with Gasteiger partial charge in [-0.3, -0.25) is 0 Å². The van der Waals surface area contributed by atoms with E-state index in [0.717, 1.165) is 41.6 Å². The second-order valence-electron chi connectivity index (χ2n) is 5.14. The van der Waals surface area contributed by atoms with E-state index in [-0.39, 0.29) is 0 Å². The first-order valence-corrected chi connectivity index (χ1v) is 7.04. The number of aromatic nitrogens is 3. The Hall–Kier alpha value is -1.09. The second kappa shape index (κ2) is 5.70. The average Bonchev–Trinajstić information content (AvgIpc) is 2.66. The number of halogens is 1. The minimum atomic E-state index is 0.442. The molecule has 0 N–H and O–H groups in total. The number of aryl methyl sites for hydroxylation is 2. The quantitative estimate of drug-likeness (QED) is 0.768. The summed E-state index contributed by atoms with van der Waals surface area (Å²) < 4.78 is 2.16. The molecule has 0 radical (unpaired) electrons. The van der Waals surface area contributed by atoms with Gasteiger partial charge in [-0.2, -0.15) is 0 Å². The Morgan fingerprint density at radius 1 is 1.28 bits per heavy atom. The highest BCUT2D eigenvalue weighted by Gasteiger charge is 2.11. The van der Waals surface area contributed by atoms with Crippen LogP contribution in [0.1, 0.15) is 38.2 Å². The first kappa shape index (κ1) is 13.3. The Morgan fingerprint density at radius 3 is 2.72 bits per heavy atom. The van der Waals surface area contributed by atoms with Crippen molar-refractivity contribution in [2.75, 3.05) is 0 Å². The maximum absolute atomic E-state index is 5.97. The first-order chi connectivity index (χ1) is 8.61. The summed E-state index contributed by atoms with van der Waals surface area (Å²) in [5.74, 6) is 2.10. The van der Waals surface area contributed by atoms with E-state index in [1.54, 1.807) is 0 Å². The topological polar surface area (TPSA) is 30.7 Å². The fourth-order valence-electron chi connectivity index (χ4n) is 2.14. The van der Waals surface area contributed by atoms with Gasteiger partial charge in [0, 0.05) is 12.2 Å². The summed E-state index contributed by atoms with van der Waals surface area (Å²) in [5.41, 5.74) is 2.93. The monoisotopic (exact) mass is 265 g/mol. The van der Waals surface area contributed by atoms with Crippen LogP contribution in [-0.4, -0.2) is 14.5 Å². The number of fused-ring (bicyclic) bond motifs is 1. The lowest BCUT2D eigenvalue weighted by Crippen LogP contribution is -2.05. The van der Waals surface area contributed by atoms with Gasteiger partial charge in [-0.25, -0.2) is 9.97 Å². The van der Waals surface area contributed by atoms with Gasteiger partial charge in [0.05, 0.1) is 5.88 Å². The van der Waals surface area contributed by atoms with Crippen LogP contribution in [0, 0.1) is 12.8 Å². The predicted molar refractivity (Wildman–Crippen MR) is 75.9 cm³/mol. The van der Waals surface area contributed by atoms with Crippen LogP contribution < -0.4 is 0 Å². The number of hydrogen-bond acceptors (Lipinski definition) is 2. The van der Waals surface area contributed by atoms with Crippen molar-refractivity contribution in [3.63, 3.8) is 0 Å². The minimum Gasteiger partial charge on any atom is -0.312 e. The Bertz CT molecular complexity index is 531. The van der Waals surface area contributed by atoms with Gasteiger partial charge in [0.2, 0.25) is 0 Å². The van der Waals surface area contributed by atoms with E-state index in [2.05, 4.69) is 28.4 Å². The Labute approximate surface area is 113 Å². The number of pyridine rings is 1. The SMILES string of the molecule is Cc1ccc2nc(CCl)n(CCCC(C)C)c2n1. The zero-order valence-corrected chi connectivity index (χ0v) is 12.0. The van der Waals surface area contributed by atoms with Gasteiger partial charge in [0.15, 0.2) is 5.65 Å². The summed E-state index contributed by atoms with van der Waals surface area (Å²) in [4.78, 5) is 9.12. The molecule has 4 heteroatoms. The van der Waals surface area contributed by atoms with Crippen molar-refractivity contribution in [2.24, 2.45) is 5.92 Å². The summed E-state index contributed by atoms with van der Waals surface area (Å²) in [7, 11) is 0. The Kier molecular flexibility index (Phi) is 4.23. The summed E-state index contributed by atoms with van der Waals surface area (Å²) in [6, 6.07) is 4.01. The van der Waals surface area contributed by atoms with Crippen LogP contribution in [0.4, 0.5) is 0 Å². The molecular weight excluding hydrogens is 246 g/mol. The molecule has 0 aromatic carbocycles. The molecule has 2 aromatic rings. The molecule has 0 atom stereocenters. The minimum absolute atomic E-state index is 0.442. The van der Waals surface area contributed by atoms with Crippen LogP contribution in [0.3, 0.4) is 0 Å². The number of alkyl halides is 1. The molecule has 0 aliphatic rings. The Morgan fingerprint density at radius 2 is 2.06 bits per heavy atom. The van der Waals surface area contributed by atoms with Crippen LogP contribution in [0.5, 0.6) is 0 Å². The molecule has 0 spiro atoms. The molecule has 18 heavy (non-hydrogen) atoms. The third-order valence-electron chi connectivity index (χ3n) is 3.09. The highest BCUT2D eigenvalue weighted by molar-refractivity contribution is 6.16. The van der Waals surface area contributed by atoms with Gasteiger partial charge in [0.25, 0.3) is 0 Å². The average molecular weight is 266 g/mol. The number of imidazole rings is 1. The van der Waals surface area contributed by atoms with Crippen LogP contribution in [0.2, 0.25) is 0 Å². The molecule has 2 heterocycles. The lowest BCUT2D eigenvalue weighted by Gasteiger charge is -2.08. The van der Waals surface area contributed by atoms with Crippen molar-refractivity contribution in [2.45, 2.75) is 46.0 Å². The molecule has 0 unspecified atom stereocenters. The van der Waals surface area contributed by atoms with Crippen LogP contribution in [0.15, 0.2) is 12.1 Å². The molecule has 3 nitrogen and oxygen atoms in total. The maximum Gasteiger partial charge on any atom is 0.160 e. The molecule has 98 valence electrons. The molecule has 0 saturated heterocycles. The molecule has 0 aliphatic heterocycles. The fraction of sp³-hybridized carbons (Fsp3) is 0.571. The zero-order valence-electron chi connectivity index (χ0n) is 11.3. The molecule has 0 saturated carbocycles. The van der Waals surface area contributed by atoms with Gasteiger partial charge in [-0.1, -0.05) is 13.8 Å². The van der Waals surface area contributed by atoms with Crippen LogP contribution in [0.25, 0.3) is 11.2 Å². The number of hydrogen-bond donors (Lipinski definition) is 0. The zero-order chi connectivity index (χ0) is 13.1. The number of rotatable bonds is 5. The Balaban J connectivity index is 2.30. The predicted octanol–water partition coefficient (Wildman–Crippen LogP) is 3.91. The third-order valence-corrected chi connectivity index (χ3v) is 3.33. The van der Waals surface area contributed by atoms with E-state index >= 15 is 0 Å². The highest BCUT2D eigenvalue weighted by Crippen LogP contribution is 2.18. The van der Waals surface area contributed by atoms with E-state index in [0.29, 0.717) is 5.88 Å². The summed E-state index contributed by atoms with van der Waals surface area (Å²) in [6.07, 6.45) is 2.36. The highest BCUT2D eigenvalue weighted by atomic mass is 35.5. The van der Waals surface area contributed by atoms with Crippen molar-refractivity contribution < 1.29 is 0 Å². The third kappa shape index (κ3) is 2.83. The second-order valence-corrected chi connectivity index (χ2v) is 5.41. The van der Waals surface area contributed by atoms with Gasteiger partial charge >= 0.3 is 0 Å². The van der Waals surface area contributed by atoms with E-state index in [1.165, 1.54) is 6.42 Å². The lowest BCUT2D eigenvalue weighted by molar-refractivity contribution is 0.510. The fourth-order valence-corrected chi connectivity index (χ4v) is 2.34. The van der Waals surface area contributed by atoms with Crippen molar-refractivity contribution >= 4 is 22.8 Å². The van der Waals surface area contributed by atoms with Crippen LogP contribution >= 0.6 is 11.6 Å². The van der Waals surface area contributed by atoms with Crippen molar-refractivity contribution in [3.8, 4) is 0 Å². The lowest BCUT2D eigenvalue weighted by atomic mass is 10.1. The van der Waals surface area contributed by atoms with E-state index in [9.17, 15) is 0 Å². The molecule has 0 aliphatic carbocycles. The molecule has 0 amide bonds. The van der Waals surface area contributed by atoms with Crippen molar-refractivity contribution in [3.05, 3.63) is 23.7 Å². The molecule has 0 fully saturated rings. The van der Waals surface area contributed by atoms with Crippen LogP contribution in [-0.2, 0) is 12.4 Å². The number of nitrogens with zero attached hydrogens (tertiary/aromatic N) is 3. The van der Waals surface area contributed by atoms with E-state index in [1.807, 2.05) is 19.1 Å². The molecular formula is C14H20ClN3. The van der Waals surface area contributed by atoms with Gasteiger partial charge in [-0.15, -0.1) is 11.6 Å². The van der Waals surface area contributed by atoms with Gasteiger partial charge < -0.3 is 4.57 Å². The smallest absolute Gasteiger partial charge is 0.160 e. The summed E-state index contributed by atoms with van der Waals surface area (Å²) in [6.45, 7) is 7.45. The molecule has 0 bridgehead atoms. The van der Waals surface area contributed by atoms with Gasteiger partial charge in [-0.05, 0) is 37.8 Å². The van der Waals surface area contributed by atoms with E-state index in [4.69, 9.17) is 11.6 Å². The van der Waals surface area contributed by atoms with Crippen molar-refractivity contribution in [1.82, 2.24) is 14.5 Å².